The molecule has 1 fully saturated rings. The van der Waals surface area contributed by atoms with Crippen molar-refractivity contribution in [2.24, 2.45) is 0 Å². The second-order valence-electron chi connectivity index (χ2n) is 7.04. The third kappa shape index (κ3) is 3.45. The number of imide groups is 1. The first-order chi connectivity index (χ1) is 13.1. The SMILES string of the molecule is Cc1cc(C)c(NC(=O)CN2C(=O)NC(C)(c3ccc(F)cc3)C2=O)c(C)n1. The van der Waals surface area contributed by atoms with Crippen LogP contribution >= 0.6 is 0 Å². The van der Waals surface area contributed by atoms with Crippen molar-refractivity contribution in [3.63, 3.8) is 0 Å². The summed E-state index contributed by atoms with van der Waals surface area (Å²) < 4.78 is 13.2. The Morgan fingerprint density at radius 3 is 2.46 bits per heavy atom. The molecular formula is C20H21FN4O3. The van der Waals surface area contributed by atoms with E-state index in [-0.39, 0.29) is 0 Å². The highest BCUT2D eigenvalue weighted by Crippen LogP contribution is 2.29. The van der Waals surface area contributed by atoms with Crippen molar-refractivity contribution in [1.29, 1.82) is 0 Å². The number of carbonyl (C=O) groups excluding carboxylic acids is 3. The first kappa shape index (κ1) is 19.5. The number of pyridine rings is 1. The molecule has 1 saturated heterocycles. The van der Waals surface area contributed by atoms with E-state index < -0.39 is 35.7 Å². The number of urea groups is 1. The molecule has 0 aliphatic carbocycles. The van der Waals surface area contributed by atoms with Crippen molar-refractivity contribution in [2.45, 2.75) is 33.2 Å². The van der Waals surface area contributed by atoms with Gasteiger partial charge in [0.05, 0.1) is 11.4 Å². The van der Waals surface area contributed by atoms with E-state index in [1.165, 1.54) is 31.2 Å². The molecule has 3 rings (SSSR count). The summed E-state index contributed by atoms with van der Waals surface area (Å²) in [4.78, 5) is 42.8. The van der Waals surface area contributed by atoms with E-state index in [4.69, 9.17) is 0 Å². The molecule has 2 aromatic rings. The minimum Gasteiger partial charge on any atom is -0.323 e. The number of anilines is 1. The largest absolute Gasteiger partial charge is 0.325 e. The van der Waals surface area contributed by atoms with Gasteiger partial charge in [-0.3, -0.25) is 19.5 Å². The number of aromatic nitrogens is 1. The summed E-state index contributed by atoms with van der Waals surface area (Å²) in [7, 11) is 0. The Balaban J connectivity index is 1.78. The molecule has 0 saturated carbocycles. The fourth-order valence-electron chi connectivity index (χ4n) is 3.35. The number of rotatable bonds is 4. The van der Waals surface area contributed by atoms with Gasteiger partial charge in [0.15, 0.2) is 0 Å². The quantitative estimate of drug-likeness (QED) is 0.793. The Hall–Kier alpha value is -3.29. The summed E-state index contributed by atoms with van der Waals surface area (Å²) in [5, 5.41) is 5.31. The summed E-state index contributed by atoms with van der Waals surface area (Å²) in [5.74, 6) is -1.53. The summed E-state index contributed by atoms with van der Waals surface area (Å²) >= 11 is 0. The Morgan fingerprint density at radius 1 is 1.21 bits per heavy atom. The molecule has 146 valence electrons. The van der Waals surface area contributed by atoms with E-state index in [2.05, 4.69) is 15.6 Å². The average Bonchev–Trinajstić information content (AvgIpc) is 2.83. The van der Waals surface area contributed by atoms with Crippen LogP contribution in [0.2, 0.25) is 0 Å². The molecule has 7 nitrogen and oxygen atoms in total. The number of carbonyl (C=O) groups is 3. The maximum Gasteiger partial charge on any atom is 0.325 e. The summed E-state index contributed by atoms with van der Waals surface area (Å²) in [6, 6.07) is 6.45. The Kier molecular flexibility index (Phi) is 4.89. The lowest BCUT2D eigenvalue weighted by atomic mass is 9.92. The third-order valence-electron chi connectivity index (χ3n) is 4.79. The smallest absolute Gasteiger partial charge is 0.323 e. The van der Waals surface area contributed by atoms with Crippen molar-refractivity contribution in [3.8, 4) is 0 Å². The van der Waals surface area contributed by atoms with Gasteiger partial charge in [-0.2, -0.15) is 0 Å². The molecule has 1 atom stereocenters. The molecule has 4 amide bonds. The van der Waals surface area contributed by atoms with E-state index in [9.17, 15) is 18.8 Å². The first-order valence-electron chi connectivity index (χ1n) is 8.76. The number of amides is 4. The average molecular weight is 384 g/mol. The van der Waals surface area contributed by atoms with Gasteiger partial charge in [-0.05, 0) is 57.0 Å². The van der Waals surface area contributed by atoms with Crippen molar-refractivity contribution in [2.75, 3.05) is 11.9 Å². The fraction of sp³-hybridized carbons (Fsp3) is 0.300. The molecule has 2 heterocycles. The zero-order chi connectivity index (χ0) is 20.6. The molecule has 1 aromatic carbocycles. The van der Waals surface area contributed by atoms with E-state index in [0.717, 1.165) is 16.2 Å². The highest BCUT2D eigenvalue weighted by Gasteiger charge is 2.49. The van der Waals surface area contributed by atoms with Crippen LogP contribution in [0.3, 0.4) is 0 Å². The van der Waals surface area contributed by atoms with Crippen LogP contribution in [0.5, 0.6) is 0 Å². The maximum atomic E-state index is 13.2. The molecule has 1 aliphatic heterocycles. The molecule has 28 heavy (non-hydrogen) atoms. The standard InChI is InChI=1S/C20H21FN4O3/c1-11-9-12(2)22-13(3)17(11)23-16(26)10-25-18(27)20(4,24-19(25)28)14-5-7-15(21)8-6-14/h5-9H,10H2,1-4H3,(H,23,26)(H,24,28). The minimum absolute atomic E-state index is 0.435. The third-order valence-corrected chi connectivity index (χ3v) is 4.79. The molecule has 1 unspecified atom stereocenters. The van der Waals surface area contributed by atoms with Crippen molar-refractivity contribution >= 4 is 23.5 Å². The molecule has 0 radical (unpaired) electrons. The van der Waals surface area contributed by atoms with E-state index in [0.29, 0.717) is 16.9 Å². The number of benzene rings is 1. The van der Waals surface area contributed by atoms with Gasteiger partial charge in [0.25, 0.3) is 5.91 Å². The number of nitrogens with one attached hydrogen (secondary N) is 2. The highest BCUT2D eigenvalue weighted by molar-refractivity contribution is 6.10. The van der Waals surface area contributed by atoms with E-state index in [1.54, 1.807) is 6.92 Å². The summed E-state index contributed by atoms with van der Waals surface area (Å²) in [5.41, 5.74) is 1.96. The second kappa shape index (κ2) is 7.03. The monoisotopic (exact) mass is 384 g/mol. The van der Waals surface area contributed by atoms with Gasteiger partial charge < -0.3 is 10.6 Å². The molecule has 8 heteroatoms. The van der Waals surface area contributed by atoms with Gasteiger partial charge in [-0.25, -0.2) is 9.18 Å². The molecule has 0 bridgehead atoms. The number of halogens is 1. The second-order valence-corrected chi connectivity index (χ2v) is 7.04. The van der Waals surface area contributed by atoms with Gasteiger partial charge in [0, 0.05) is 5.69 Å². The van der Waals surface area contributed by atoms with Crippen molar-refractivity contribution < 1.29 is 18.8 Å². The van der Waals surface area contributed by atoms with Crippen molar-refractivity contribution in [1.82, 2.24) is 15.2 Å². The van der Waals surface area contributed by atoms with Gasteiger partial charge in [0.1, 0.15) is 17.9 Å². The molecule has 1 aromatic heterocycles. The Labute approximate surface area is 161 Å². The Morgan fingerprint density at radius 2 is 1.86 bits per heavy atom. The first-order valence-corrected chi connectivity index (χ1v) is 8.76. The maximum absolute atomic E-state index is 13.2. The van der Waals surface area contributed by atoms with Crippen LogP contribution in [0.25, 0.3) is 0 Å². The zero-order valence-electron chi connectivity index (χ0n) is 16.1. The number of nitrogens with zero attached hydrogens (tertiary/aromatic N) is 2. The van der Waals surface area contributed by atoms with Crippen LogP contribution in [-0.2, 0) is 15.1 Å². The van der Waals surface area contributed by atoms with E-state index in [1.807, 2.05) is 19.9 Å². The molecule has 0 spiro atoms. The van der Waals surface area contributed by atoms with Gasteiger partial charge in [0.2, 0.25) is 5.91 Å². The zero-order valence-corrected chi connectivity index (χ0v) is 16.1. The minimum atomic E-state index is -1.36. The number of hydrogen-bond acceptors (Lipinski definition) is 4. The molecular weight excluding hydrogens is 363 g/mol. The van der Waals surface area contributed by atoms with Crippen LogP contribution in [0.4, 0.5) is 14.9 Å². The van der Waals surface area contributed by atoms with Gasteiger partial charge >= 0.3 is 6.03 Å². The summed E-state index contributed by atoms with van der Waals surface area (Å²) in [6.07, 6.45) is 0. The lowest BCUT2D eigenvalue weighted by Gasteiger charge is -2.22. The highest BCUT2D eigenvalue weighted by atomic mass is 19.1. The lowest BCUT2D eigenvalue weighted by Crippen LogP contribution is -2.42. The van der Waals surface area contributed by atoms with E-state index >= 15 is 0 Å². The topological polar surface area (TPSA) is 91.4 Å². The predicted molar refractivity (Wildman–Crippen MR) is 101 cm³/mol. The normalized spacial score (nSPS) is 19.0. The van der Waals surface area contributed by atoms with Crippen LogP contribution < -0.4 is 10.6 Å². The Bertz CT molecular complexity index is 951. The van der Waals surface area contributed by atoms with Gasteiger partial charge in [-0.1, -0.05) is 12.1 Å². The fourth-order valence-corrected chi connectivity index (χ4v) is 3.35. The van der Waals surface area contributed by atoms with Crippen LogP contribution in [0.1, 0.15) is 29.4 Å². The lowest BCUT2D eigenvalue weighted by molar-refractivity contribution is -0.133. The number of hydrogen-bond donors (Lipinski definition) is 2. The molecule has 1 aliphatic rings. The predicted octanol–water partition coefficient (Wildman–Crippen LogP) is 2.55. The van der Waals surface area contributed by atoms with Crippen LogP contribution in [0.15, 0.2) is 30.3 Å². The van der Waals surface area contributed by atoms with Crippen LogP contribution in [0, 0.1) is 26.6 Å². The van der Waals surface area contributed by atoms with Crippen LogP contribution in [-0.4, -0.2) is 34.3 Å². The number of aryl methyl sites for hydroxylation is 3. The summed E-state index contributed by atoms with van der Waals surface area (Å²) in [6.45, 7) is 6.56. The van der Waals surface area contributed by atoms with Gasteiger partial charge in [-0.15, -0.1) is 0 Å². The van der Waals surface area contributed by atoms with Crippen molar-refractivity contribution in [3.05, 3.63) is 58.7 Å². The molecule has 2 N–H and O–H groups in total.